The van der Waals surface area contributed by atoms with Gasteiger partial charge in [-0.3, -0.25) is 4.79 Å². The highest BCUT2D eigenvalue weighted by molar-refractivity contribution is 6.30. The molecule has 0 heterocycles. The summed E-state index contributed by atoms with van der Waals surface area (Å²) in [7, 11) is 0. The van der Waals surface area contributed by atoms with Crippen molar-refractivity contribution < 1.29 is 9.53 Å². The van der Waals surface area contributed by atoms with E-state index in [0.29, 0.717) is 10.8 Å². The fourth-order valence-corrected chi connectivity index (χ4v) is 2.92. The number of hydrogen-bond acceptors (Lipinski definition) is 4. The molecule has 0 spiro atoms. The largest absolute Gasteiger partial charge is 0.481 e. The van der Waals surface area contributed by atoms with Crippen LogP contribution in [0.3, 0.4) is 0 Å². The number of rotatable bonds is 10. The Hall–Kier alpha value is -2.53. The summed E-state index contributed by atoms with van der Waals surface area (Å²) in [6.07, 6.45) is 3.17. The predicted molar refractivity (Wildman–Crippen MR) is 117 cm³/mol. The molecule has 1 unspecified atom stereocenters. The van der Waals surface area contributed by atoms with Gasteiger partial charge in [0.1, 0.15) is 5.75 Å². The van der Waals surface area contributed by atoms with Crippen molar-refractivity contribution in [3.05, 3.63) is 59.1 Å². The van der Waals surface area contributed by atoms with Crippen LogP contribution in [0.5, 0.6) is 5.75 Å². The second-order valence-corrected chi connectivity index (χ2v) is 6.97. The van der Waals surface area contributed by atoms with Crippen molar-refractivity contribution in [2.45, 2.75) is 39.7 Å². The molecule has 0 aliphatic carbocycles. The van der Waals surface area contributed by atoms with E-state index in [9.17, 15) is 4.79 Å². The molecule has 0 aliphatic rings. The monoisotopic (exact) mass is 401 g/mol. The van der Waals surface area contributed by atoms with Gasteiger partial charge in [0.15, 0.2) is 6.10 Å². The van der Waals surface area contributed by atoms with Crippen molar-refractivity contribution in [2.75, 3.05) is 18.0 Å². The summed E-state index contributed by atoms with van der Waals surface area (Å²) in [6, 6.07) is 15.1. The molecule has 0 fully saturated rings. The third kappa shape index (κ3) is 6.89. The van der Waals surface area contributed by atoms with Crippen LogP contribution in [0.15, 0.2) is 53.6 Å². The van der Waals surface area contributed by atoms with Gasteiger partial charge in [-0.2, -0.15) is 5.10 Å². The number of carbonyl (C=O) groups excluding carboxylic acids is 1. The van der Waals surface area contributed by atoms with Gasteiger partial charge < -0.3 is 9.64 Å². The van der Waals surface area contributed by atoms with Crippen LogP contribution in [-0.2, 0) is 4.79 Å². The molecular weight excluding hydrogens is 374 g/mol. The molecule has 1 N–H and O–H groups in total. The van der Waals surface area contributed by atoms with Gasteiger partial charge in [-0.05, 0) is 55.7 Å². The molecule has 2 aromatic rings. The van der Waals surface area contributed by atoms with Crippen LogP contribution < -0.4 is 15.1 Å². The van der Waals surface area contributed by atoms with Crippen LogP contribution in [0.1, 0.15) is 39.2 Å². The Kier molecular flexibility index (Phi) is 8.82. The van der Waals surface area contributed by atoms with Gasteiger partial charge in [0, 0.05) is 23.8 Å². The maximum absolute atomic E-state index is 12.1. The van der Waals surface area contributed by atoms with Crippen molar-refractivity contribution in [2.24, 2.45) is 5.10 Å². The SMILES string of the molecule is CCCN(CCC)c1ccc(/C=N\NC(=O)C(C)Oc2cccc(Cl)c2)cc1. The standard InChI is InChI=1S/C22H28ClN3O2/c1-4-13-26(14-5-2)20-11-9-18(10-12-20)16-24-25-22(27)17(3)28-21-8-6-7-19(23)15-21/h6-12,15-17H,4-5,13-14H2,1-3H3,(H,25,27)/b24-16-. The van der Waals surface area contributed by atoms with E-state index in [1.807, 2.05) is 12.1 Å². The van der Waals surface area contributed by atoms with Crippen LogP contribution in [0.4, 0.5) is 5.69 Å². The van der Waals surface area contributed by atoms with Crippen LogP contribution in [0.25, 0.3) is 0 Å². The molecule has 0 aromatic heterocycles. The minimum atomic E-state index is -0.686. The molecule has 0 saturated heterocycles. The van der Waals surface area contributed by atoms with E-state index in [2.05, 4.69) is 41.4 Å². The average Bonchev–Trinajstić information content (AvgIpc) is 2.68. The van der Waals surface area contributed by atoms with E-state index in [-0.39, 0.29) is 5.91 Å². The lowest BCUT2D eigenvalue weighted by Crippen LogP contribution is -2.33. The number of ether oxygens (including phenoxy) is 1. The molecule has 0 saturated carbocycles. The summed E-state index contributed by atoms with van der Waals surface area (Å²) in [5, 5.41) is 4.58. The highest BCUT2D eigenvalue weighted by Gasteiger charge is 2.14. The summed E-state index contributed by atoms with van der Waals surface area (Å²) >= 11 is 5.92. The Morgan fingerprint density at radius 2 is 1.86 bits per heavy atom. The van der Waals surface area contributed by atoms with E-state index in [4.69, 9.17) is 16.3 Å². The van der Waals surface area contributed by atoms with Crippen molar-refractivity contribution >= 4 is 29.4 Å². The lowest BCUT2D eigenvalue weighted by atomic mass is 10.2. The minimum absolute atomic E-state index is 0.329. The van der Waals surface area contributed by atoms with Crippen LogP contribution in [0.2, 0.25) is 5.02 Å². The summed E-state index contributed by atoms with van der Waals surface area (Å²) in [4.78, 5) is 14.5. The Morgan fingerprint density at radius 3 is 2.46 bits per heavy atom. The van der Waals surface area contributed by atoms with Crippen molar-refractivity contribution in [1.29, 1.82) is 0 Å². The Morgan fingerprint density at radius 1 is 1.18 bits per heavy atom. The number of anilines is 1. The number of benzene rings is 2. The smallest absolute Gasteiger partial charge is 0.280 e. The summed E-state index contributed by atoms with van der Waals surface area (Å²) in [5.41, 5.74) is 4.63. The van der Waals surface area contributed by atoms with Gasteiger partial charge >= 0.3 is 0 Å². The quantitative estimate of drug-likeness (QED) is 0.455. The van der Waals surface area contributed by atoms with Gasteiger partial charge in [0.25, 0.3) is 5.91 Å². The highest BCUT2D eigenvalue weighted by Crippen LogP contribution is 2.18. The topological polar surface area (TPSA) is 53.9 Å². The lowest BCUT2D eigenvalue weighted by molar-refractivity contribution is -0.127. The fraction of sp³-hybridized carbons (Fsp3) is 0.364. The third-order valence-corrected chi connectivity index (χ3v) is 4.35. The van der Waals surface area contributed by atoms with E-state index in [0.717, 1.165) is 31.5 Å². The van der Waals surface area contributed by atoms with E-state index in [1.165, 1.54) is 5.69 Å². The molecule has 150 valence electrons. The van der Waals surface area contributed by atoms with Gasteiger partial charge in [-0.15, -0.1) is 0 Å². The molecular formula is C22H28ClN3O2. The molecule has 0 radical (unpaired) electrons. The zero-order chi connectivity index (χ0) is 20.4. The summed E-state index contributed by atoms with van der Waals surface area (Å²) in [5.74, 6) is 0.211. The molecule has 28 heavy (non-hydrogen) atoms. The molecule has 2 aromatic carbocycles. The maximum Gasteiger partial charge on any atom is 0.280 e. The second kappa shape index (κ2) is 11.3. The van der Waals surface area contributed by atoms with Gasteiger partial charge in [0.05, 0.1) is 6.21 Å². The fourth-order valence-electron chi connectivity index (χ4n) is 2.74. The number of amides is 1. The third-order valence-electron chi connectivity index (χ3n) is 4.11. The first-order valence-corrected chi connectivity index (χ1v) is 10.0. The highest BCUT2D eigenvalue weighted by atomic mass is 35.5. The first-order valence-electron chi connectivity index (χ1n) is 9.63. The molecule has 6 heteroatoms. The molecule has 1 atom stereocenters. The van der Waals surface area contributed by atoms with E-state index in [1.54, 1.807) is 37.4 Å². The number of nitrogens with zero attached hydrogens (tertiary/aromatic N) is 2. The number of hydrogen-bond donors (Lipinski definition) is 1. The van der Waals surface area contributed by atoms with Crippen LogP contribution in [-0.4, -0.2) is 31.3 Å². The van der Waals surface area contributed by atoms with Gasteiger partial charge in [-0.25, -0.2) is 5.43 Å². The molecule has 0 bridgehead atoms. The Labute approximate surface area is 172 Å². The Bertz CT molecular complexity index is 772. The van der Waals surface area contributed by atoms with E-state index >= 15 is 0 Å². The molecule has 2 rings (SSSR count). The predicted octanol–water partition coefficient (Wildman–Crippen LogP) is 4.88. The second-order valence-electron chi connectivity index (χ2n) is 6.53. The number of nitrogens with one attached hydrogen (secondary N) is 1. The number of hydrazone groups is 1. The first kappa shape index (κ1) is 21.8. The Balaban J connectivity index is 1.88. The van der Waals surface area contributed by atoms with Crippen LogP contribution in [0, 0.1) is 0 Å². The zero-order valence-electron chi connectivity index (χ0n) is 16.7. The van der Waals surface area contributed by atoms with Gasteiger partial charge in [0.2, 0.25) is 0 Å². The van der Waals surface area contributed by atoms with Gasteiger partial charge in [-0.1, -0.05) is 43.6 Å². The number of halogens is 1. The van der Waals surface area contributed by atoms with Crippen molar-refractivity contribution in [3.63, 3.8) is 0 Å². The zero-order valence-corrected chi connectivity index (χ0v) is 17.4. The lowest BCUT2D eigenvalue weighted by Gasteiger charge is -2.23. The first-order chi connectivity index (χ1) is 13.5. The maximum atomic E-state index is 12.1. The van der Waals surface area contributed by atoms with Crippen molar-refractivity contribution in [1.82, 2.24) is 5.43 Å². The molecule has 5 nitrogen and oxygen atoms in total. The normalized spacial score (nSPS) is 12.0. The average molecular weight is 402 g/mol. The van der Waals surface area contributed by atoms with E-state index < -0.39 is 6.10 Å². The summed E-state index contributed by atoms with van der Waals surface area (Å²) < 4.78 is 5.57. The summed E-state index contributed by atoms with van der Waals surface area (Å²) in [6.45, 7) is 8.12. The molecule has 1 amide bonds. The van der Waals surface area contributed by atoms with Crippen LogP contribution >= 0.6 is 11.6 Å². The van der Waals surface area contributed by atoms with Crippen molar-refractivity contribution in [3.8, 4) is 5.75 Å². The molecule has 0 aliphatic heterocycles. The minimum Gasteiger partial charge on any atom is -0.481 e. The number of carbonyl (C=O) groups is 1.